The first-order valence-electron chi connectivity index (χ1n) is 11.6. The van der Waals surface area contributed by atoms with Crippen LogP contribution in [-0.2, 0) is 6.18 Å². The van der Waals surface area contributed by atoms with Gasteiger partial charge in [-0.1, -0.05) is 43.7 Å². The fourth-order valence-electron chi connectivity index (χ4n) is 4.44. The molecule has 0 saturated carbocycles. The molecule has 1 aromatic heterocycles. The molecule has 1 aliphatic rings. The lowest BCUT2D eigenvalue weighted by Crippen LogP contribution is -2.29. The van der Waals surface area contributed by atoms with E-state index in [4.69, 9.17) is 9.15 Å². The third kappa shape index (κ3) is 4.12. The van der Waals surface area contributed by atoms with Crippen molar-refractivity contribution in [1.82, 2.24) is 0 Å². The van der Waals surface area contributed by atoms with Crippen molar-refractivity contribution in [2.75, 3.05) is 11.5 Å². The molecular formula is C28H22F3NO4. The summed E-state index contributed by atoms with van der Waals surface area (Å²) in [6.07, 6.45) is -2.81. The van der Waals surface area contributed by atoms with Gasteiger partial charge in [0.15, 0.2) is 5.43 Å². The van der Waals surface area contributed by atoms with Gasteiger partial charge in [0.25, 0.3) is 5.91 Å². The molecule has 0 spiro atoms. The lowest BCUT2D eigenvalue weighted by Gasteiger charge is -2.26. The minimum absolute atomic E-state index is 0.00647. The number of benzene rings is 3. The zero-order valence-corrected chi connectivity index (χ0v) is 19.3. The molecule has 8 heteroatoms. The van der Waals surface area contributed by atoms with Gasteiger partial charge in [-0.05, 0) is 54.4 Å². The number of fused-ring (bicyclic) bond motifs is 2. The van der Waals surface area contributed by atoms with Gasteiger partial charge in [-0.15, -0.1) is 0 Å². The molecule has 5 rings (SSSR count). The summed E-state index contributed by atoms with van der Waals surface area (Å²) in [5, 5.41) is 0.287. The SMILES string of the molecule is CCCCOc1cccc(C2c3c(oc4ccccc4c3=O)C(=O)N2c2cccc(C(F)(F)F)c2)c1. The number of unbranched alkanes of at least 4 members (excludes halogenated alkanes) is 1. The molecule has 0 bridgehead atoms. The number of halogens is 3. The summed E-state index contributed by atoms with van der Waals surface area (Å²) in [6, 6.07) is 16.9. The van der Waals surface area contributed by atoms with Crippen LogP contribution in [0.1, 0.15) is 53.1 Å². The third-order valence-electron chi connectivity index (χ3n) is 6.17. The van der Waals surface area contributed by atoms with Crippen molar-refractivity contribution in [1.29, 1.82) is 0 Å². The first-order valence-corrected chi connectivity index (χ1v) is 11.6. The zero-order valence-electron chi connectivity index (χ0n) is 19.3. The second-order valence-electron chi connectivity index (χ2n) is 8.57. The predicted octanol–water partition coefficient (Wildman–Crippen LogP) is 6.74. The van der Waals surface area contributed by atoms with E-state index >= 15 is 0 Å². The lowest BCUT2D eigenvalue weighted by molar-refractivity contribution is -0.137. The number of rotatable bonds is 6. The summed E-state index contributed by atoms with van der Waals surface area (Å²) in [4.78, 5) is 28.4. The number of alkyl halides is 3. The second-order valence-corrected chi connectivity index (χ2v) is 8.57. The molecule has 0 radical (unpaired) electrons. The monoisotopic (exact) mass is 493 g/mol. The zero-order chi connectivity index (χ0) is 25.4. The fourth-order valence-corrected chi connectivity index (χ4v) is 4.44. The minimum Gasteiger partial charge on any atom is -0.494 e. The van der Waals surface area contributed by atoms with Gasteiger partial charge < -0.3 is 9.15 Å². The summed E-state index contributed by atoms with van der Waals surface area (Å²) in [5.41, 5.74) is -0.457. The van der Waals surface area contributed by atoms with Crippen LogP contribution in [0.5, 0.6) is 5.75 Å². The van der Waals surface area contributed by atoms with Gasteiger partial charge in [-0.2, -0.15) is 13.2 Å². The van der Waals surface area contributed by atoms with Crippen molar-refractivity contribution in [3.8, 4) is 5.75 Å². The first-order chi connectivity index (χ1) is 17.3. The molecule has 3 aromatic carbocycles. The molecule has 0 N–H and O–H groups in total. The highest BCUT2D eigenvalue weighted by atomic mass is 19.4. The number of carbonyl (C=O) groups is 1. The van der Waals surface area contributed by atoms with E-state index in [9.17, 15) is 22.8 Å². The molecule has 1 unspecified atom stereocenters. The average molecular weight is 493 g/mol. The number of hydrogen-bond donors (Lipinski definition) is 0. The molecule has 184 valence electrons. The van der Waals surface area contributed by atoms with Crippen LogP contribution >= 0.6 is 0 Å². The van der Waals surface area contributed by atoms with Crippen LogP contribution in [0.2, 0.25) is 0 Å². The van der Waals surface area contributed by atoms with Crippen molar-refractivity contribution in [2.45, 2.75) is 32.0 Å². The van der Waals surface area contributed by atoms with E-state index in [1.807, 2.05) is 6.92 Å². The summed E-state index contributed by atoms with van der Waals surface area (Å²) < 4.78 is 52.2. The predicted molar refractivity (Wildman–Crippen MR) is 129 cm³/mol. The molecule has 36 heavy (non-hydrogen) atoms. The van der Waals surface area contributed by atoms with E-state index in [0.29, 0.717) is 17.9 Å². The second kappa shape index (κ2) is 9.18. The molecule has 4 aromatic rings. The topological polar surface area (TPSA) is 59.8 Å². The Hall–Kier alpha value is -4.07. The van der Waals surface area contributed by atoms with Gasteiger partial charge in [-0.25, -0.2) is 0 Å². The molecule has 0 saturated heterocycles. The van der Waals surface area contributed by atoms with Gasteiger partial charge in [0.05, 0.1) is 29.2 Å². The summed E-state index contributed by atoms with van der Waals surface area (Å²) in [5.74, 6) is -0.330. The molecule has 2 heterocycles. The normalized spacial score (nSPS) is 15.4. The molecule has 1 aliphatic heterocycles. The summed E-state index contributed by atoms with van der Waals surface area (Å²) in [6.45, 7) is 2.53. The maximum absolute atomic E-state index is 13.6. The van der Waals surface area contributed by atoms with E-state index in [1.54, 1.807) is 48.5 Å². The Balaban J connectivity index is 1.71. The Bertz CT molecular complexity index is 1510. The number of para-hydroxylation sites is 1. The van der Waals surface area contributed by atoms with Crippen molar-refractivity contribution < 1.29 is 27.1 Å². The van der Waals surface area contributed by atoms with Crippen LogP contribution in [0.4, 0.5) is 18.9 Å². The Labute approximate surface area is 204 Å². The van der Waals surface area contributed by atoms with E-state index in [1.165, 1.54) is 17.0 Å². The highest BCUT2D eigenvalue weighted by Gasteiger charge is 2.44. The van der Waals surface area contributed by atoms with Crippen LogP contribution in [0.3, 0.4) is 0 Å². The number of hydrogen-bond acceptors (Lipinski definition) is 4. The molecule has 5 nitrogen and oxygen atoms in total. The van der Waals surface area contributed by atoms with Crippen molar-refractivity contribution in [3.05, 3.63) is 105 Å². The number of ether oxygens (including phenoxy) is 1. The van der Waals surface area contributed by atoms with E-state index < -0.39 is 29.1 Å². The van der Waals surface area contributed by atoms with Crippen LogP contribution in [0, 0.1) is 0 Å². The Morgan fingerprint density at radius 3 is 2.53 bits per heavy atom. The van der Waals surface area contributed by atoms with E-state index in [2.05, 4.69) is 0 Å². The highest BCUT2D eigenvalue weighted by Crippen LogP contribution is 2.43. The van der Waals surface area contributed by atoms with Gasteiger partial charge in [0.1, 0.15) is 11.3 Å². The van der Waals surface area contributed by atoms with Crippen LogP contribution in [0.15, 0.2) is 82.0 Å². The van der Waals surface area contributed by atoms with Gasteiger partial charge in [0.2, 0.25) is 5.76 Å². The fraction of sp³-hybridized carbons (Fsp3) is 0.214. The van der Waals surface area contributed by atoms with Crippen LogP contribution in [-0.4, -0.2) is 12.5 Å². The summed E-state index contributed by atoms with van der Waals surface area (Å²) >= 11 is 0. The lowest BCUT2D eigenvalue weighted by atomic mass is 9.98. The smallest absolute Gasteiger partial charge is 0.416 e. The van der Waals surface area contributed by atoms with Crippen molar-refractivity contribution >= 4 is 22.6 Å². The largest absolute Gasteiger partial charge is 0.494 e. The van der Waals surface area contributed by atoms with Crippen LogP contribution < -0.4 is 15.1 Å². The quantitative estimate of drug-likeness (QED) is 0.279. The first kappa shape index (κ1) is 23.7. The average Bonchev–Trinajstić information content (AvgIpc) is 3.16. The van der Waals surface area contributed by atoms with Gasteiger partial charge >= 0.3 is 6.18 Å². The van der Waals surface area contributed by atoms with Gasteiger partial charge in [0, 0.05) is 5.69 Å². The Kier molecular flexibility index (Phi) is 6.04. The molecule has 1 atom stereocenters. The highest BCUT2D eigenvalue weighted by molar-refractivity contribution is 6.10. The standard InChI is InChI=1S/C28H22F3NO4/c1-2-3-14-35-20-11-6-8-17(15-20)24-23-25(33)21-12-4-5-13-22(21)36-26(23)27(34)32(24)19-10-7-9-18(16-19)28(29,30)31/h4-13,15-16,24H,2-3,14H2,1H3. The molecule has 0 fully saturated rings. The molecule has 0 aliphatic carbocycles. The van der Waals surface area contributed by atoms with Crippen molar-refractivity contribution in [2.24, 2.45) is 0 Å². The van der Waals surface area contributed by atoms with E-state index in [-0.39, 0.29) is 28.0 Å². The van der Waals surface area contributed by atoms with E-state index in [0.717, 1.165) is 25.0 Å². The number of anilines is 1. The minimum atomic E-state index is -4.60. The van der Waals surface area contributed by atoms with Crippen LogP contribution in [0.25, 0.3) is 11.0 Å². The maximum Gasteiger partial charge on any atom is 0.416 e. The number of carbonyl (C=O) groups excluding carboxylic acids is 1. The molecule has 1 amide bonds. The Morgan fingerprint density at radius 1 is 0.972 bits per heavy atom. The summed E-state index contributed by atoms with van der Waals surface area (Å²) in [7, 11) is 0. The number of amides is 1. The van der Waals surface area contributed by atoms with Crippen molar-refractivity contribution in [3.63, 3.8) is 0 Å². The van der Waals surface area contributed by atoms with Gasteiger partial charge in [-0.3, -0.25) is 14.5 Å². The molecular weight excluding hydrogens is 471 g/mol. The maximum atomic E-state index is 13.6. The number of nitrogens with zero attached hydrogens (tertiary/aromatic N) is 1. The third-order valence-corrected chi connectivity index (χ3v) is 6.17. The Morgan fingerprint density at radius 2 is 1.75 bits per heavy atom.